The highest BCUT2D eigenvalue weighted by Gasteiger charge is 2.27. The largest absolute Gasteiger partial charge is 0.389 e. The number of rotatable bonds is 4. The molecule has 1 aromatic heterocycles. The molecule has 0 unspecified atom stereocenters. The Kier molecular flexibility index (Phi) is 3.49. The molecule has 1 rings (SSSR count). The predicted octanol–water partition coefficient (Wildman–Crippen LogP) is 1.87. The molecule has 15 heavy (non-hydrogen) atoms. The van der Waals surface area contributed by atoms with Crippen molar-refractivity contribution < 1.29 is 18.0 Å². The van der Waals surface area contributed by atoms with Crippen LogP contribution in [0.3, 0.4) is 0 Å². The lowest BCUT2D eigenvalue weighted by Gasteiger charge is -2.04. The van der Waals surface area contributed by atoms with Crippen molar-refractivity contribution in [3.8, 4) is 0 Å². The van der Waals surface area contributed by atoms with Crippen LogP contribution in [0, 0.1) is 0 Å². The minimum Gasteiger partial charge on any atom is -0.299 e. The topological polar surface area (TPSA) is 34.9 Å². The van der Waals surface area contributed by atoms with Crippen molar-refractivity contribution in [2.24, 2.45) is 7.05 Å². The molecule has 0 saturated carbocycles. The number of carbonyl (C=O) groups is 1. The van der Waals surface area contributed by atoms with E-state index in [-0.39, 0.29) is 6.42 Å². The van der Waals surface area contributed by atoms with Gasteiger partial charge >= 0.3 is 6.18 Å². The third-order valence-electron chi connectivity index (χ3n) is 1.85. The van der Waals surface area contributed by atoms with Crippen LogP contribution in [0.15, 0.2) is 12.4 Å². The molecule has 3 nitrogen and oxygen atoms in total. The van der Waals surface area contributed by atoms with Crippen LogP contribution in [-0.2, 0) is 18.3 Å². The Labute approximate surface area is 84.9 Å². The van der Waals surface area contributed by atoms with Crippen LogP contribution in [0.5, 0.6) is 0 Å². The Morgan fingerprint density at radius 2 is 2.20 bits per heavy atom. The molecule has 6 heteroatoms. The van der Waals surface area contributed by atoms with Gasteiger partial charge < -0.3 is 0 Å². The number of carbonyl (C=O) groups excluding carboxylic acids is 1. The lowest BCUT2D eigenvalue weighted by Crippen LogP contribution is -2.11. The third-order valence-corrected chi connectivity index (χ3v) is 1.85. The van der Waals surface area contributed by atoms with Gasteiger partial charge in [-0.3, -0.25) is 9.48 Å². The monoisotopic (exact) mass is 220 g/mol. The Bertz CT molecular complexity index is 343. The summed E-state index contributed by atoms with van der Waals surface area (Å²) >= 11 is 0. The fourth-order valence-electron chi connectivity index (χ4n) is 1.16. The minimum absolute atomic E-state index is 0.0178. The number of halogens is 3. The summed E-state index contributed by atoms with van der Waals surface area (Å²) in [6, 6.07) is 0. The van der Waals surface area contributed by atoms with Crippen molar-refractivity contribution in [1.82, 2.24) is 9.78 Å². The first-order valence-electron chi connectivity index (χ1n) is 4.43. The molecule has 1 heterocycles. The molecule has 1 aromatic rings. The number of aryl methyl sites for hydroxylation is 1. The second kappa shape index (κ2) is 4.46. The van der Waals surface area contributed by atoms with E-state index in [1.54, 1.807) is 13.2 Å². The zero-order valence-electron chi connectivity index (χ0n) is 8.21. The molecule has 0 bridgehead atoms. The number of alkyl halides is 3. The summed E-state index contributed by atoms with van der Waals surface area (Å²) < 4.78 is 36.9. The predicted molar refractivity (Wildman–Crippen MR) is 47.2 cm³/mol. The van der Waals surface area contributed by atoms with Crippen molar-refractivity contribution in [3.05, 3.63) is 18.0 Å². The summed E-state index contributed by atoms with van der Waals surface area (Å²) in [7, 11) is 1.68. The Hall–Kier alpha value is -1.33. The quantitative estimate of drug-likeness (QED) is 0.776. The summed E-state index contributed by atoms with van der Waals surface area (Å²) in [5, 5.41) is 3.82. The Balaban J connectivity index is 2.37. The van der Waals surface area contributed by atoms with Gasteiger partial charge in [-0.1, -0.05) is 0 Å². The maximum absolute atomic E-state index is 11.8. The SMILES string of the molecule is Cn1cc(CC(=O)CCC(F)(F)F)cn1. The minimum atomic E-state index is -4.26. The van der Waals surface area contributed by atoms with Crippen LogP contribution in [0.4, 0.5) is 13.2 Å². The number of ketones is 1. The molecule has 0 aliphatic carbocycles. The van der Waals surface area contributed by atoms with E-state index in [2.05, 4.69) is 5.10 Å². The molecule has 0 N–H and O–H groups in total. The second-order valence-corrected chi connectivity index (χ2v) is 3.35. The number of nitrogens with zero attached hydrogens (tertiary/aromatic N) is 2. The summed E-state index contributed by atoms with van der Waals surface area (Å²) in [5.74, 6) is -0.416. The maximum atomic E-state index is 11.8. The van der Waals surface area contributed by atoms with Gasteiger partial charge in [0.05, 0.1) is 12.6 Å². The molecule has 0 aromatic carbocycles. The van der Waals surface area contributed by atoms with E-state index in [1.807, 2.05) is 0 Å². The van der Waals surface area contributed by atoms with Gasteiger partial charge in [-0.15, -0.1) is 0 Å². The van der Waals surface area contributed by atoms with Crippen molar-refractivity contribution in [3.63, 3.8) is 0 Å². The zero-order valence-corrected chi connectivity index (χ0v) is 8.21. The van der Waals surface area contributed by atoms with Gasteiger partial charge in [-0.25, -0.2) is 0 Å². The highest BCUT2D eigenvalue weighted by Crippen LogP contribution is 2.21. The van der Waals surface area contributed by atoms with Gasteiger partial charge in [0.25, 0.3) is 0 Å². The average molecular weight is 220 g/mol. The van der Waals surface area contributed by atoms with E-state index in [1.165, 1.54) is 10.9 Å². The molecular weight excluding hydrogens is 209 g/mol. The summed E-state index contributed by atoms with van der Waals surface area (Å²) in [4.78, 5) is 11.1. The van der Waals surface area contributed by atoms with Gasteiger partial charge in [-0.2, -0.15) is 18.3 Å². The molecule has 0 fully saturated rings. The van der Waals surface area contributed by atoms with Crippen LogP contribution in [0.25, 0.3) is 0 Å². The molecule has 0 amide bonds. The lowest BCUT2D eigenvalue weighted by atomic mass is 10.1. The normalized spacial score (nSPS) is 11.7. The number of aromatic nitrogens is 2. The Morgan fingerprint density at radius 1 is 1.53 bits per heavy atom. The van der Waals surface area contributed by atoms with Crippen molar-refractivity contribution in [1.29, 1.82) is 0 Å². The van der Waals surface area contributed by atoms with Crippen LogP contribution in [0.2, 0.25) is 0 Å². The third kappa shape index (κ3) is 4.62. The molecule has 0 saturated heterocycles. The lowest BCUT2D eigenvalue weighted by molar-refractivity contribution is -0.143. The Morgan fingerprint density at radius 3 is 2.67 bits per heavy atom. The fraction of sp³-hybridized carbons (Fsp3) is 0.556. The standard InChI is InChI=1S/C9H11F3N2O/c1-14-6-7(5-13-14)4-8(15)2-3-9(10,11)12/h5-6H,2-4H2,1H3. The van der Waals surface area contributed by atoms with Gasteiger partial charge in [0.15, 0.2) is 0 Å². The maximum Gasteiger partial charge on any atom is 0.389 e. The van der Waals surface area contributed by atoms with Crippen molar-refractivity contribution >= 4 is 5.78 Å². The second-order valence-electron chi connectivity index (χ2n) is 3.35. The summed E-state index contributed by atoms with van der Waals surface area (Å²) in [6.45, 7) is 0. The molecule has 0 aliphatic heterocycles. The van der Waals surface area contributed by atoms with Crippen LogP contribution < -0.4 is 0 Å². The molecule has 0 radical (unpaired) electrons. The smallest absolute Gasteiger partial charge is 0.299 e. The first-order valence-corrected chi connectivity index (χ1v) is 4.43. The van der Waals surface area contributed by atoms with E-state index >= 15 is 0 Å². The van der Waals surface area contributed by atoms with E-state index in [0.717, 1.165) is 0 Å². The van der Waals surface area contributed by atoms with Gasteiger partial charge in [0.1, 0.15) is 5.78 Å². The number of Topliss-reactive ketones (excluding diaryl/α,β-unsaturated/α-hetero) is 1. The van der Waals surface area contributed by atoms with E-state index in [4.69, 9.17) is 0 Å². The van der Waals surface area contributed by atoms with Crippen LogP contribution >= 0.6 is 0 Å². The molecule has 84 valence electrons. The zero-order chi connectivity index (χ0) is 11.5. The van der Waals surface area contributed by atoms with E-state index in [0.29, 0.717) is 5.56 Å². The first-order chi connectivity index (χ1) is 6.87. The van der Waals surface area contributed by atoms with Crippen molar-refractivity contribution in [2.45, 2.75) is 25.4 Å². The van der Waals surface area contributed by atoms with Crippen molar-refractivity contribution in [2.75, 3.05) is 0 Å². The van der Waals surface area contributed by atoms with Gasteiger partial charge in [0.2, 0.25) is 0 Å². The molecule has 0 spiro atoms. The summed E-state index contributed by atoms with van der Waals surface area (Å²) in [5.41, 5.74) is 0.643. The van der Waals surface area contributed by atoms with Gasteiger partial charge in [-0.05, 0) is 5.56 Å². The summed E-state index contributed by atoms with van der Waals surface area (Å²) in [6.07, 6.45) is -2.66. The van der Waals surface area contributed by atoms with Crippen LogP contribution in [0.1, 0.15) is 18.4 Å². The highest BCUT2D eigenvalue weighted by atomic mass is 19.4. The fourth-order valence-corrected chi connectivity index (χ4v) is 1.16. The number of hydrogen-bond acceptors (Lipinski definition) is 2. The van der Waals surface area contributed by atoms with Gasteiger partial charge in [0, 0.05) is 26.1 Å². The average Bonchev–Trinajstić information content (AvgIpc) is 2.47. The first kappa shape index (κ1) is 11.7. The molecule has 0 aliphatic rings. The number of hydrogen-bond donors (Lipinski definition) is 0. The van der Waals surface area contributed by atoms with E-state index < -0.39 is 24.8 Å². The van der Waals surface area contributed by atoms with Crippen LogP contribution in [-0.4, -0.2) is 21.7 Å². The van der Waals surface area contributed by atoms with E-state index in [9.17, 15) is 18.0 Å². The molecular formula is C9H11F3N2O. The molecule has 0 atom stereocenters. The highest BCUT2D eigenvalue weighted by molar-refractivity contribution is 5.80.